The Bertz CT molecular complexity index is 2690. The van der Waals surface area contributed by atoms with Crippen LogP contribution in [0.25, 0.3) is 11.0 Å². The number of carbonyl (C=O) groups excluding carboxylic acids is 3. The molecule has 3 aromatic carbocycles. The van der Waals surface area contributed by atoms with E-state index in [1.807, 2.05) is 18.2 Å². The molecule has 18 nitrogen and oxygen atoms in total. The molecule has 0 bridgehead atoms. The number of ether oxygens (including phenoxy) is 1. The van der Waals surface area contributed by atoms with E-state index in [0.29, 0.717) is 56.7 Å². The molecule has 3 amide bonds. The van der Waals surface area contributed by atoms with E-state index in [4.69, 9.17) is 9.72 Å². The summed E-state index contributed by atoms with van der Waals surface area (Å²) in [5.41, 5.74) is 6.23. The van der Waals surface area contributed by atoms with Gasteiger partial charge in [0.05, 0.1) is 40.4 Å². The highest BCUT2D eigenvalue weighted by Gasteiger charge is 2.30. The standard InChI is InChI=1S/C45H53BrN12O6S/c1-4-29-25-36(52-45-49-27-32(46)42(54-45)50-34-9-8-33-40(48-16-15-47-33)41(34)55-65(3,62)63)38(64-2)26-37(29)58-18-13-31(14-19-58)57-22-20-56(21-23-57)17-12-28-6-5-7-30(24-28)43(60)51-35-10-11-39(59)53-44(35)61/h5-9,15-16,24-27,31,35,55H,4,10-14,17-23H2,1-3H3,(H,51,60)(H,53,59,61)(H2,49,50,52,54). The van der Waals surface area contributed by atoms with Crippen molar-refractivity contribution in [2.45, 2.75) is 57.5 Å². The van der Waals surface area contributed by atoms with E-state index in [9.17, 15) is 22.8 Å². The fraction of sp³-hybridized carbons (Fsp3) is 0.400. The molecule has 8 rings (SSSR count). The lowest BCUT2D eigenvalue weighted by atomic mass is 9.99. The monoisotopic (exact) mass is 968 g/mol. The predicted molar refractivity (Wildman–Crippen MR) is 254 cm³/mol. The van der Waals surface area contributed by atoms with Crippen molar-refractivity contribution < 1.29 is 27.5 Å². The molecule has 20 heteroatoms. The van der Waals surface area contributed by atoms with Gasteiger partial charge in [0.2, 0.25) is 27.8 Å². The molecular formula is C45H53BrN12O6S. The lowest BCUT2D eigenvalue weighted by molar-refractivity contribution is -0.134. The van der Waals surface area contributed by atoms with Crippen LogP contribution in [0.3, 0.4) is 0 Å². The number of piperazine rings is 1. The van der Waals surface area contributed by atoms with Crippen LogP contribution >= 0.6 is 15.9 Å². The van der Waals surface area contributed by atoms with Crippen LogP contribution in [0.15, 0.2) is 71.6 Å². The molecule has 3 fully saturated rings. The Morgan fingerprint density at radius 1 is 0.938 bits per heavy atom. The van der Waals surface area contributed by atoms with Gasteiger partial charge >= 0.3 is 0 Å². The van der Waals surface area contributed by atoms with Gasteiger partial charge < -0.3 is 30.5 Å². The molecule has 1 unspecified atom stereocenters. The molecule has 1 atom stereocenters. The number of nitrogens with zero attached hydrogens (tertiary/aromatic N) is 7. The highest BCUT2D eigenvalue weighted by atomic mass is 79.9. The number of hydrogen-bond donors (Lipinski definition) is 5. The zero-order chi connectivity index (χ0) is 45.7. The number of anilines is 6. The number of benzene rings is 3. The van der Waals surface area contributed by atoms with Crippen molar-refractivity contribution in [2.24, 2.45) is 0 Å². The zero-order valence-electron chi connectivity index (χ0n) is 36.6. The van der Waals surface area contributed by atoms with Gasteiger partial charge in [-0.05, 0) is 89.5 Å². The van der Waals surface area contributed by atoms with Crippen LogP contribution in [-0.2, 0) is 32.5 Å². The van der Waals surface area contributed by atoms with Gasteiger partial charge in [-0.2, -0.15) is 4.98 Å². The van der Waals surface area contributed by atoms with Crippen molar-refractivity contribution in [3.05, 3.63) is 88.3 Å². The predicted octanol–water partition coefficient (Wildman–Crippen LogP) is 4.98. The Morgan fingerprint density at radius 2 is 1.72 bits per heavy atom. The van der Waals surface area contributed by atoms with Crippen LogP contribution in [0, 0.1) is 0 Å². The fourth-order valence-corrected chi connectivity index (χ4v) is 9.57. The Kier molecular flexibility index (Phi) is 14.1. The summed E-state index contributed by atoms with van der Waals surface area (Å²) >= 11 is 3.54. The zero-order valence-corrected chi connectivity index (χ0v) is 39.0. The summed E-state index contributed by atoms with van der Waals surface area (Å²) in [7, 11) is -2.00. The van der Waals surface area contributed by atoms with Gasteiger partial charge in [0.25, 0.3) is 5.91 Å². The number of piperidine rings is 2. The van der Waals surface area contributed by atoms with Crippen LogP contribution in [0.1, 0.15) is 54.1 Å². The molecule has 5 heterocycles. The van der Waals surface area contributed by atoms with Crippen molar-refractivity contribution in [1.29, 1.82) is 0 Å². The Hall–Kier alpha value is -5.96. The molecule has 342 valence electrons. The van der Waals surface area contributed by atoms with Gasteiger partial charge in [-0.1, -0.05) is 19.1 Å². The molecule has 3 saturated heterocycles. The smallest absolute Gasteiger partial charge is 0.251 e. The highest BCUT2D eigenvalue weighted by Crippen LogP contribution is 2.38. The number of amides is 3. The summed E-state index contributed by atoms with van der Waals surface area (Å²) in [5.74, 6) is 0.292. The number of imide groups is 1. The number of fused-ring (bicyclic) bond motifs is 1. The van der Waals surface area contributed by atoms with Crippen LogP contribution in [0.4, 0.5) is 34.5 Å². The molecule has 5 aromatic rings. The molecule has 0 radical (unpaired) electrons. The van der Waals surface area contributed by atoms with E-state index < -0.39 is 22.0 Å². The third-order valence-corrected chi connectivity index (χ3v) is 13.3. The Balaban J connectivity index is 0.851. The number of aryl methyl sites for hydroxylation is 1. The Labute approximate surface area is 386 Å². The first-order valence-electron chi connectivity index (χ1n) is 21.8. The SMILES string of the molecule is CCc1cc(Nc2ncc(Br)c(Nc3ccc4nccnc4c3NS(C)(=O)=O)n2)c(OC)cc1N1CCC(N2CCN(CCc3cccc(C(=O)NC4CCC(=O)NC4=O)c3)CC2)CC1. The second kappa shape index (κ2) is 20.1. The van der Waals surface area contributed by atoms with Crippen molar-refractivity contribution in [2.75, 3.05) is 79.4 Å². The number of methoxy groups -OCH3 is 1. The number of carbonyl (C=O) groups is 3. The van der Waals surface area contributed by atoms with Crippen molar-refractivity contribution in [3.63, 3.8) is 0 Å². The van der Waals surface area contributed by atoms with Crippen molar-refractivity contribution in [3.8, 4) is 5.75 Å². The average molecular weight is 970 g/mol. The van der Waals surface area contributed by atoms with Crippen molar-refractivity contribution in [1.82, 2.24) is 40.4 Å². The summed E-state index contributed by atoms with van der Waals surface area (Å²) in [6.07, 6.45) is 10.0. The number of hydrogen-bond acceptors (Lipinski definition) is 15. The third kappa shape index (κ3) is 11.1. The van der Waals surface area contributed by atoms with E-state index in [2.05, 4.69) is 90.6 Å². The third-order valence-electron chi connectivity index (χ3n) is 12.1. The van der Waals surface area contributed by atoms with E-state index in [1.165, 1.54) is 11.8 Å². The molecular weight excluding hydrogens is 917 g/mol. The fourth-order valence-electron chi connectivity index (χ4n) is 8.70. The minimum atomic E-state index is -3.65. The lowest BCUT2D eigenvalue weighted by Crippen LogP contribution is -2.53. The van der Waals surface area contributed by atoms with E-state index in [1.54, 1.807) is 37.7 Å². The van der Waals surface area contributed by atoms with E-state index >= 15 is 0 Å². The van der Waals surface area contributed by atoms with Gasteiger partial charge in [0, 0.05) is 94.2 Å². The van der Waals surface area contributed by atoms with E-state index in [-0.39, 0.29) is 23.9 Å². The summed E-state index contributed by atoms with van der Waals surface area (Å²) in [4.78, 5) is 62.1. The topological polar surface area (TPSA) is 216 Å². The van der Waals surface area contributed by atoms with Gasteiger partial charge in [0.1, 0.15) is 23.1 Å². The average Bonchev–Trinajstić information content (AvgIpc) is 3.30. The molecule has 65 heavy (non-hydrogen) atoms. The normalized spacial score (nSPS) is 17.7. The van der Waals surface area contributed by atoms with Gasteiger partial charge in [-0.15, -0.1) is 0 Å². The summed E-state index contributed by atoms with van der Waals surface area (Å²) in [5, 5.41) is 11.7. The maximum Gasteiger partial charge on any atom is 0.251 e. The summed E-state index contributed by atoms with van der Waals surface area (Å²) in [6.45, 7) is 8.91. The number of rotatable bonds is 15. The molecule has 5 N–H and O–H groups in total. The van der Waals surface area contributed by atoms with Gasteiger partial charge in [0.15, 0.2) is 0 Å². The van der Waals surface area contributed by atoms with E-state index in [0.717, 1.165) is 94.7 Å². The molecule has 3 aliphatic heterocycles. The molecule has 0 saturated carbocycles. The van der Waals surface area contributed by atoms with Crippen LogP contribution in [0.5, 0.6) is 5.75 Å². The second-order valence-corrected chi connectivity index (χ2v) is 19.1. The molecule has 0 spiro atoms. The minimum Gasteiger partial charge on any atom is -0.494 e. The summed E-state index contributed by atoms with van der Waals surface area (Å²) in [6, 6.07) is 15.0. The van der Waals surface area contributed by atoms with Crippen molar-refractivity contribution >= 4 is 89.2 Å². The summed E-state index contributed by atoms with van der Waals surface area (Å²) < 4.78 is 33.8. The molecule has 2 aromatic heterocycles. The van der Waals surface area contributed by atoms with Gasteiger partial charge in [-0.25, -0.2) is 13.4 Å². The number of nitrogens with one attached hydrogen (secondary N) is 5. The van der Waals surface area contributed by atoms with Crippen LogP contribution < -0.4 is 35.6 Å². The number of sulfonamides is 1. The first-order chi connectivity index (χ1) is 31.3. The quantitative estimate of drug-likeness (QED) is 0.0876. The van der Waals surface area contributed by atoms with Crippen LogP contribution in [0.2, 0.25) is 0 Å². The Morgan fingerprint density at radius 3 is 2.46 bits per heavy atom. The largest absolute Gasteiger partial charge is 0.494 e. The first-order valence-corrected chi connectivity index (χ1v) is 24.5. The second-order valence-electron chi connectivity index (χ2n) is 16.5. The minimum absolute atomic E-state index is 0.214. The maximum atomic E-state index is 12.9. The number of halogens is 1. The highest BCUT2D eigenvalue weighted by molar-refractivity contribution is 9.10. The first kappa shape index (κ1) is 45.6. The molecule has 0 aliphatic carbocycles. The molecule has 3 aliphatic rings. The maximum absolute atomic E-state index is 12.9. The lowest BCUT2D eigenvalue weighted by Gasteiger charge is -2.43. The number of aromatic nitrogens is 4. The van der Waals surface area contributed by atoms with Crippen LogP contribution in [-0.4, -0.2) is 127 Å². The van der Waals surface area contributed by atoms with Gasteiger partial charge in [-0.3, -0.25) is 39.3 Å².